The average molecular weight is 408 g/mol. The Labute approximate surface area is 177 Å². The molecule has 30 heavy (non-hydrogen) atoms. The number of amides is 2. The Morgan fingerprint density at radius 3 is 2.40 bits per heavy atom. The van der Waals surface area contributed by atoms with E-state index in [1.54, 1.807) is 0 Å². The Balaban J connectivity index is 1.40. The Morgan fingerprint density at radius 1 is 0.967 bits per heavy atom. The zero-order valence-corrected chi connectivity index (χ0v) is 17.5. The summed E-state index contributed by atoms with van der Waals surface area (Å²) in [6.07, 6.45) is 3.18. The number of anilines is 1. The number of carbonyl (C=O) groups excluding carboxylic acids is 2. The molecule has 2 aliphatic heterocycles. The fourth-order valence-corrected chi connectivity index (χ4v) is 4.53. The molecule has 2 N–H and O–H groups in total. The molecule has 2 amide bonds. The fourth-order valence-electron chi connectivity index (χ4n) is 4.53. The number of benzene rings is 1. The predicted molar refractivity (Wildman–Crippen MR) is 116 cm³/mol. The highest BCUT2D eigenvalue weighted by Crippen LogP contribution is 2.27. The van der Waals surface area contributed by atoms with Gasteiger partial charge in [0.1, 0.15) is 0 Å². The summed E-state index contributed by atoms with van der Waals surface area (Å²) in [4.78, 5) is 28.5. The summed E-state index contributed by atoms with van der Waals surface area (Å²) >= 11 is 0. The molecule has 3 heterocycles. The van der Waals surface area contributed by atoms with E-state index >= 15 is 0 Å². The van der Waals surface area contributed by atoms with Crippen molar-refractivity contribution >= 4 is 17.6 Å². The highest BCUT2D eigenvalue weighted by Gasteiger charge is 2.33. The van der Waals surface area contributed by atoms with Crippen LogP contribution in [0.15, 0.2) is 36.4 Å². The molecule has 4 rings (SSSR count). The van der Waals surface area contributed by atoms with Crippen LogP contribution in [-0.4, -0.2) is 53.1 Å². The molecule has 0 spiro atoms. The summed E-state index contributed by atoms with van der Waals surface area (Å²) in [5.74, 6) is 0.615. The first-order chi connectivity index (χ1) is 14.5. The van der Waals surface area contributed by atoms with Crippen LogP contribution in [-0.2, 0) is 9.59 Å². The normalized spacial score (nSPS) is 20.2. The zero-order chi connectivity index (χ0) is 21.1. The number of nitrogens with zero attached hydrogens (tertiary/aromatic N) is 4. The van der Waals surface area contributed by atoms with Crippen molar-refractivity contribution in [3.05, 3.63) is 42.0 Å². The van der Waals surface area contributed by atoms with Crippen molar-refractivity contribution in [2.75, 3.05) is 31.1 Å². The van der Waals surface area contributed by atoms with Crippen molar-refractivity contribution in [3.63, 3.8) is 0 Å². The van der Waals surface area contributed by atoms with Gasteiger partial charge in [-0.05, 0) is 50.3 Å². The van der Waals surface area contributed by atoms with Crippen LogP contribution in [0.5, 0.6) is 0 Å². The summed E-state index contributed by atoms with van der Waals surface area (Å²) in [5.41, 5.74) is 8.52. The lowest BCUT2D eigenvalue weighted by molar-refractivity contribution is -0.138. The van der Waals surface area contributed by atoms with Crippen LogP contribution >= 0.6 is 0 Å². The van der Waals surface area contributed by atoms with E-state index in [1.165, 1.54) is 5.56 Å². The second-order valence-electron chi connectivity index (χ2n) is 8.38. The number of hydrogen-bond acceptors (Lipinski definition) is 5. The molecule has 1 unspecified atom stereocenters. The molecule has 0 bridgehead atoms. The number of aryl methyl sites for hydroxylation is 1. The largest absolute Gasteiger partial charge is 0.369 e. The molecule has 2 saturated heterocycles. The van der Waals surface area contributed by atoms with E-state index in [9.17, 15) is 9.59 Å². The quantitative estimate of drug-likeness (QED) is 0.840. The standard InChI is InChI=1S/C23H29N5O2/c1-16-5-2-3-7-19(16)20-8-9-21(26-25-20)28-12-4-6-18(15-28)23(30)27-13-10-17(11-14-27)22(24)29/h2-3,5,7-9,17-18H,4,6,10-15H2,1H3,(H2,24,29). The Morgan fingerprint density at radius 2 is 1.73 bits per heavy atom. The third kappa shape index (κ3) is 4.30. The van der Waals surface area contributed by atoms with Gasteiger partial charge < -0.3 is 15.5 Å². The monoisotopic (exact) mass is 407 g/mol. The zero-order valence-electron chi connectivity index (χ0n) is 17.5. The van der Waals surface area contributed by atoms with Crippen LogP contribution in [0.1, 0.15) is 31.2 Å². The van der Waals surface area contributed by atoms with Gasteiger partial charge >= 0.3 is 0 Å². The number of hydrogen-bond donors (Lipinski definition) is 1. The molecule has 2 fully saturated rings. The van der Waals surface area contributed by atoms with Crippen molar-refractivity contribution in [1.82, 2.24) is 15.1 Å². The molecule has 1 aromatic carbocycles. The van der Waals surface area contributed by atoms with Gasteiger partial charge in [0.05, 0.1) is 11.6 Å². The number of piperidine rings is 2. The first-order valence-electron chi connectivity index (χ1n) is 10.8. The summed E-state index contributed by atoms with van der Waals surface area (Å²) in [5, 5.41) is 8.89. The molecule has 2 aliphatic rings. The number of primary amides is 1. The van der Waals surface area contributed by atoms with Crippen molar-refractivity contribution in [1.29, 1.82) is 0 Å². The van der Waals surface area contributed by atoms with Crippen LogP contribution in [0.4, 0.5) is 5.82 Å². The van der Waals surface area contributed by atoms with E-state index in [4.69, 9.17) is 5.73 Å². The van der Waals surface area contributed by atoms with E-state index in [0.29, 0.717) is 32.5 Å². The molecule has 0 radical (unpaired) electrons. The summed E-state index contributed by atoms with van der Waals surface area (Å²) < 4.78 is 0. The smallest absolute Gasteiger partial charge is 0.227 e. The van der Waals surface area contributed by atoms with Gasteiger partial charge in [-0.2, -0.15) is 0 Å². The predicted octanol–water partition coefficient (Wildman–Crippen LogP) is 2.39. The molecule has 7 nitrogen and oxygen atoms in total. The van der Waals surface area contributed by atoms with Gasteiger partial charge in [0.25, 0.3) is 0 Å². The van der Waals surface area contributed by atoms with E-state index in [-0.39, 0.29) is 23.7 Å². The first kappa shape index (κ1) is 20.3. The lowest BCUT2D eigenvalue weighted by atomic mass is 9.92. The second kappa shape index (κ2) is 8.81. The van der Waals surface area contributed by atoms with E-state index in [1.807, 2.05) is 29.2 Å². The maximum absolute atomic E-state index is 13.0. The van der Waals surface area contributed by atoms with E-state index < -0.39 is 0 Å². The van der Waals surface area contributed by atoms with Crippen molar-refractivity contribution in [3.8, 4) is 11.3 Å². The lowest BCUT2D eigenvalue weighted by Gasteiger charge is -2.37. The summed E-state index contributed by atoms with van der Waals surface area (Å²) in [6.45, 7) is 4.85. The van der Waals surface area contributed by atoms with Gasteiger partial charge in [0.2, 0.25) is 11.8 Å². The van der Waals surface area contributed by atoms with Crippen molar-refractivity contribution in [2.24, 2.45) is 17.6 Å². The summed E-state index contributed by atoms with van der Waals surface area (Å²) in [7, 11) is 0. The van der Waals surface area contributed by atoms with Gasteiger partial charge in [-0.1, -0.05) is 24.3 Å². The van der Waals surface area contributed by atoms with Crippen molar-refractivity contribution in [2.45, 2.75) is 32.6 Å². The second-order valence-corrected chi connectivity index (χ2v) is 8.38. The molecule has 0 aliphatic carbocycles. The third-order valence-electron chi connectivity index (χ3n) is 6.38. The number of aromatic nitrogens is 2. The Bertz CT molecular complexity index is 906. The Kier molecular flexibility index (Phi) is 5.97. The number of nitrogens with two attached hydrogens (primary N) is 1. The van der Waals surface area contributed by atoms with Crippen LogP contribution in [0.3, 0.4) is 0 Å². The molecular formula is C23H29N5O2. The molecule has 2 aromatic rings. The third-order valence-corrected chi connectivity index (χ3v) is 6.38. The molecule has 7 heteroatoms. The van der Waals surface area contributed by atoms with Gasteiger partial charge in [-0.3, -0.25) is 9.59 Å². The highest BCUT2D eigenvalue weighted by molar-refractivity contribution is 5.81. The van der Waals surface area contributed by atoms with Crippen LogP contribution in [0, 0.1) is 18.8 Å². The molecule has 158 valence electrons. The fraction of sp³-hybridized carbons (Fsp3) is 0.478. The number of likely N-dealkylation sites (tertiary alicyclic amines) is 1. The van der Waals surface area contributed by atoms with Gasteiger partial charge in [-0.25, -0.2) is 0 Å². The minimum Gasteiger partial charge on any atom is -0.369 e. The van der Waals surface area contributed by atoms with Crippen LogP contribution in [0.2, 0.25) is 0 Å². The number of rotatable bonds is 4. The van der Waals surface area contributed by atoms with Gasteiger partial charge in [-0.15, -0.1) is 10.2 Å². The molecule has 1 aromatic heterocycles. The van der Waals surface area contributed by atoms with Crippen molar-refractivity contribution < 1.29 is 9.59 Å². The number of carbonyl (C=O) groups is 2. The molecule has 1 atom stereocenters. The summed E-state index contributed by atoms with van der Waals surface area (Å²) in [6, 6.07) is 12.1. The van der Waals surface area contributed by atoms with E-state index in [0.717, 1.165) is 36.5 Å². The maximum atomic E-state index is 13.0. The lowest BCUT2D eigenvalue weighted by Crippen LogP contribution is -2.48. The Hall–Kier alpha value is -2.96. The molecule has 0 saturated carbocycles. The van der Waals surface area contributed by atoms with Crippen LogP contribution in [0.25, 0.3) is 11.3 Å². The topological polar surface area (TPSA) is 92.4 Å². The maximum Gasteiger partial charge on any atom is 0.227 e. The first-order valence-corrected chi connectivity index (χ1v) is 10.8. The molecular weight excluding hydrogens is 378 g/mol. The van der Waals surface area contributed by atoms with Gasteiger partial charge in [0.15, 0.2) is 5.82 Å². The minimum absolute atomic E-state index is 0.0401. The van der Waals surface area contributed by atoms with Crippen LogP contribution < -0.4 is 10.6 Å². The average Bonchev–Trinajstić information content (AvgIpc) is 2.79. The van der Waals surface area contributed by atoms with Gasteiger partial charge in [0, 0.05) is 37.7 Å². The minimum atomic E-state index is -0.251. The van der Waals surface area contributed by atoms with E-state index in [2.05, 4.69) is 34.2 Å². The SMILES string of the molecule is Cc1ccccc1-c1ccc(N2CCCC(C(=O)N3CCC(C(N)=O)CC3)C2)nn1. The highest BCUT2D eigenvalue weighted by atomic mass is 16.2.